The number of aryl methyl sites for hydroxylation is 1. The maximum absolute atomic E-state index is 14.2. The number of imidazole rings is 1. The molecule has 540 valence electrons. The lowest BCUT2D eigenvalue weighted by Crippen LogP contribution is -2.37. The first kappa shape index (κ1) is 79.4. The molecule has 0 aliphatic carbocycles. The van der Waals surface area contributed by atoms with Crippen LogP contribution in [-0.2, 0) is 44.7 Å². The molecular weight excluding hydrogens is 1330 g/mol. The molecule has 4 atom stereocenters. The van der Waals surface area contributed by atoms with E-state index in [0.717, 1.165) is 27.5 Å². The van der Waals surface area contributed by atoms with E-state index in [2.05, 4.69) is 26.3 Å². The molecule has 2 aliphatic heterocycles. The lowest BCUT2D eigenvalue weighted by molar-refractivity contribution is -0.139. The van der Waals surface area contributed by atoms with Crippen LogP contribution >= 0.6 is 23.4 Å². The molecule has 0 radical (unpaired) electrons. The van der Waals surface area contributed by atoms with Crippen molar-refractivity contribution < 1.29 is 81.8 Å². The van der Waals surface area contributed by atoms with E-state index in [1.807, 2.05) is 66.0 Å². The van der Waals surface area contributed by atoms with E-state index in [1.54, 1.807) is 71.2 Å². The third-order valence-electron chi connectivity index (χ3n) is 16.3. The highest BCUT2D eigenvalue weighted by Crippen LogP contribution is 2.47. The molecule has 2 aromatic heterocycles. The van der Waals surface area contributed by atoms with Gasteiger partial charge in [0.2, 0.25) is 17.7 Å². The second-order valence-corrected chi connectivity index (χ2v) is 25.2. The van der Waals surface area contributed by atoms with Gasteiger partial charge in [0.15, 0.2) is 0 Å². The Morgan fingerprint density at radius 2 is 1.56 bits per heavy atom. The van der Waals surface area contributed by atoms with Crippen LogP contribution in [0.25, 0.3) is 16.4 Å². The van der Waals surface area contributed by atoms with E-state index >= 15 is 0 Å². The summed E-state index contributed by atoms with van der Waals surface area (Å²) in [4.78, 5) is 132. The van der Waals surface area contributed by atoms with E-state index in [0.29, 0.717) is 66.0 Å². The number of ketones is 1. The van der Waals surface area contributed by atoms with Gasteiger partial charge in [-0.05, 0) is 124 Å². The average Bonchev–Trinajstić information content (AvgIpc) is 1.55. The molecule has 8 N–H and O–H groups in total. The third-order valence-corrected chi connectivity index (χ3v) is 17.6. The number of likely N-dealkylation sites (N-methyl/N-ethyl adjacent to an activating group) is 1. The first-order valence-electron chi connectivity index (χ1n) is 32.7. The van der Waals surface area contributed by atoms with Crippen LogP contribution in [0.2, 0.25) is 0 Å². The second-order valence-electron chi connectivity index (χ2n) is 23.8. The van der Waals surface area contributed by atoms with Crippen LogP contribution in [0.3, 0.4) is 0 Å². The number of aromatic hydroxyl groups is 1. The van der Waals surface area contributed by atoms with Crippen LogP contribution in [0.4, 0.5) is 36.2 Å². The molecule has 28 nitrogen and oxygen atoms in total. The number of halogens is 1. The Bertz CT molecular complexity index is 3820. The van der Waals surface area contributed by atoms with Gasteiger partial charge in [0, 0.05) is 111 Å². The fourth-order valence-corrected chi connectivity index (χ4v) is 11.3. The number of Topliss-reactive ketones (excluding diaryl/α,β-unsaturated/α-hetero) is 1. The lowest BCUT2D eigenvalue weighted by atomic mass is 9.92. The zero-order chi connectivity index (χ0) is 73.2. The minimum atomic E-state index is -0.677. The number of nitrogens with one attached hydrogen (secondary N) is 4. The molecule has 6 aromatic rings. The number of pyridine rings is 1. The molecule has 1 unspecified atom stereocenters. The number of nitrogens with two attached hydrogens (primary N) is 1. The van der Waals surface area contributed by atoms with Crippen molar-refractivity contribution in [3.63, 3.8) is 0 Å². The number of amides is 10. The first-order valence-corrected chi connectivity index (χ1v) is 34.5. The van der Waals surface area contributed by atoms with Gasteiger partial charge < -0.3 is 84.8 Å². The number of aliphatic hydroxyl groups excluding tert-OH is 1. The van der Waals surface area contributed by atoms with E-state index in [9.17, 15) is 53.1 Å². The summed E-state index contributed by atoms with van der Waals surface area (Å²) in [6, 6.07) is 23.0. The number of fused-ring (bicyclic) bond motifs is 4. The van der Waals surface area contributed by atoms with Gasteiger partial charge in [-0.2, -0.15) is 11.8 Å². The summed E-state index contributed by atoms with van der Waals surface area (Å²) in [5, 5.41) is 30.6. The molecular formula is C70H90ClN11O17S. The van der Waals surface area contributed by atoms with E-state index in [1.165, 1.54) is 57.7 Å². The van der Waals surface area contributed by atoms with Gasteiger partial charge in [0.1, 0.15) is 41.8 Å². The normalized spacial score (nSPS) is 14.4. The number of alkyl halides is 1. The fraction of sp³-hybridized carbons (Fsp3) is 0.443. The molecule has 0 saturated carbocycles. The van der Waals surface area contributed by atoms with Gasteiger partial charge in [-0.15, -0.1) is 11.6 Å². The number of benzene rings is 4. The van der Waals surface area contributed by atoms with Crippen molar-refractivity contribution in [1.82, 2.24) is 34.7 Å². The number of carbonyl (C=O) groups excluding carboxylic acids is 10. The molecule has 4 aromatic carbocycles. The summed E-state index contributed by atoms with van der Waals surface area (Å²) >= 11 is 7.90. The van der Waals surface area contributed by atoms with Crippen LogP contribution in [0.15, 0.2) is 97.3 Å². The summed E-state index contributed by atoms with van der Waals surface area (Å²) in [6.45, 7) is 16.0. The number of rotatable bonds is 30. The minimum Gasteiger partial charge on any atom is -0.508 e. The van der Waals surface area contributed by atoms with Gasteiger partial charge in [-0.25, -0.2) is 24.2 Å². The Morgan fingerprint density at radius 3 is 2.20 bits per heavy atom. The number of thioether (sulfide) groups is 1. The molecule has 1 saturated heterocycles. The maximum atomic E-state index is 14.2. The Kier molecular flexibility index (Phi) is 31.2. The monoisotopic (exact) mass is 1420 g/mol. The number of carbonyl (C=O) groups is 10. The number of ether oxygens (including phenoxy) is 5. The molecule has 0 bridgehead atoms. The standard InChI is InChI=1S/C36H36ClN5O7.C19H28N4O5.C15H26N2O5S/c1-3-40(13-15-48-16-14-43)36(47)49-30-17-29-33(32-22(2)5-4-6-27(30)32)24(18-37)19-42(29)35(46)28-21-41-20-25(9-12-31(41)39-28)38-34(45)23-7-10-26(44)11-8-23;1-4-23(3)19(27)28-12-14-5-7-16(8-6-14)22-17(25)15(11-13(2)24)9-10-21-18(20)26;1-10(2)11(3)16-15(20)22-8-7-21-6-5-17-13(18)9-12(23-4)14(17)19/h4-12,17,20-21,24,43-44H,3,13-16,18-19H2,1-2H3,(H,38,45);5-8,15H,4,9-12H2,1-3H3,(H,22,25)(H3,20,21,26);10-12H,5-9H2,1-4H3,(H,16,20)/t24-;15-;11-,12?/m111/s1. The maximum Gasteiger partial charge on any atom is 0.415 e. The zero-order valence-electron chi connectivity index (χ0n) is 57.7. The van der Waals surface area contributed by atoms with Crippen molar-refractivity contribution in [3.05, 3.63) is 125 Å². The molecule has 100 heavy (non-hydrogen) atoms. The largest absolute Gasteiger partial charge is 0.508 e. The Balaban J connectivity index is 0.000000262. The van der Waals surface area contributed by atoms with Gasteiger partial charge in [-0.3, -0.25) is 28.9 Å². The molecule has 0 spiro atoms. The summed E-state index contributed by atoms with van der Waals surface area (Å²) in [5.74, 6) is -1.22. The number of hydrogen-bond acceptors (Lipinski definition) is 19. The number of anilines is 3. The highest BCUT2D eigenvalue weighted by atomic mass is 35.5. The van der Waals surface area contributed by atoms with E-state index in [4.69, 9.17) is 46.1 Å². The van der Waals surface area contributed by atoms with Crippen LogP contribution < -0.4 is 36.6 Å². The summed E-state index contributed by atoms with van der Waals surface area (Å²) in [6.07, 6.45) is 4.29. The third kappa shape index (κ3) is 23.0. The Labute approximate surface area is 589 Å². The minimum absolute atomic E-state index is 0.0417. The highest BCUT2D eigenvalue weighted by Gasteiger charge is 2.39. The van der Waals surface area contributed by atoms with Gasteiger partial charge >= 0.3 is 24.3 Å². The van der Waals surface area contributed by atoms with E-state index in [-0.39, 0.29) is 149 Å². The van der Waals surface area contributed by atoms with Gasteiger partial charge in [0.05, 0.1) is 56.2 Å². The number of phenols is 1. The van der Waals surface area contributed by atoms with Crippen molar-refractivity contribution in [1.29, 1.82) is 0 Å². The Morgan fingerprint density at radius 1 is 0.850 bits per heavy atom. The van der Waals surface area contributed by atoms with Crippen molar-refractivity contribution in [2.24, 2.45) is 17.6 Å². The number of nitrogens with zero attached hydrogens (tertiary/aromatic N) is 6. The number of aromatic nitrogens is 2. The predicted octanol–water partition coefficient (Wildman–Crippen LogP) is 8.70. The van der Waals surface area contributed by atoms with E-state index < -0.39 is 30.2 Å². The summed E-state index contributed by atoms with van der Waals surface area (Å²) in [5.41, 5.74) is 10.4. The van der Waals surface area contributed by atoms with Crippen molar-refractivity contribution in [3.8, 4) is 11.5 Å². The Hall–Kier alpha value is -9.55. The van der Waals surface area contributed by atoms with Crippen molar-refractivity contribution >= 4 is 116 Å². The number of likely N-dealkylation sites (tertiary alicyclic amines) is 1. The molecule has 8 rings (SSSR count). The number of imide groups is 1. The fourth-order valence-electron chi connectivity index (χ4n) is 10.4. The average molecular weight is 1430 g/mol. The zero-order valence-corrected chi connectivity index (χ0v) is 59.3. The number of urea groups is 1. The van der Waals surface area contributed by atoms with Crippen LogP contribution in [0, 0.1) is 18.8 Å². The van der Waals surface area contributed by atoms with Gasteiger partial charge in [0.25, 0.3) is 11.8 Å². The second kappa shape index (κ2) is 39.3. The molecule has 1 fully saturated rings. The van der Waals surface area contributed by atoms with Crippen molar-refractivity contribution in [2.45, 2.75) is 91.5 Å². The quantitative estimate of drug-likeness (QED) is 0.0126. The lowest BCUT2D eigenvalue weighted by Gasteiger charge is -2.22. The number of phenolic OH excluding ortho intramolecular Hbond substituents is 1. The molecule has 4 heterocycles. The molecule has 30 heteroatoms. The predicted molar refractivity (Wildman–Crippen MR) is 379 cm³/mol. The SMILES string of the molecule is CCN(C)C(=O)OCc1ccc(NC(=O)[C@H](CCNC(N)=O)CC(C)=O)cc1.CCN(CCOCCO)C(=O)Oc1cc2c(c3c(C)cccc13)[C@H](CCl)CN2C(=O)c1cn2cc(NC(=O)c3ccc(O)cc3)ccc2n1.CSC1CC(=O)N(CCOCCOC(=O)N[C@H](C)C(C)C)C1=O. The molecule has 10 amide bonds. The van der Waals surface area contributed by atoms with Crippen LogP contribution in [-0.4, -0.2) is 203 Å². The van der Waals surface area contributed by atoms with Crippen LogP contribution in [0.1, 0.15) is 104 Å². The number of primary amides is 1. The number of hydrogen-bond donors (Lipinski definition) is 7. The molecule has 2 aliphatic rings. The topological polar surface area (TPSA) is 362 Å². The number of aliphatic hydroxyl groups is 1. The summed E-state index contributed by atoms with van der Waals surface area (Å²) in [7, 11) is 1.65. The van der Waals surface area contributed by atoms with Crippen molar-refractivity contribution in [2.75, 3.05) is 114 Å². The first-order chi connectivity index (χ1) is 47.8. The summed E-state index contributed by atoms with van der Waals surface area (Å²) < 4.78 is 28.5. The number of alkyl carbamates (subject to hydrolysis) is 1. The smallest absolute Gasteiger partial charge is 0.415 e. The van der Waals surface area contributed by atoms with Gasteiger partial charge in [-0.1, -0.05) is 44.2 Å². The highest BCUT2D eigenvalue weighted by molar-refractivity contribution is 8.00. The van der Waals surface area contributed by atoms with Crippen LogP contribution in [0.5, 0.6) is 11.5 Å².